The topological polar surface area (TPSA) is 78.1 Å². The minimum absolute atomic E-state index is 0.223. The van der Waals surface area contributed by atoms with Gasteiger partial charge in [0.1, 0.15) is 17.2 Å². The first-order valence-electron chi connectivity index (χ1n) is 9.12. The Morgan fingerprint density at radius 3 is 2.81 bits per heavy atom. The van der Waals surface area contributed by atoms with Crippen LogP contribution in [-0.4, -0.2) is 39.6 Å². The lowest BCUT2D eigenvalue weighted by Gasteiger charge is -2.26. The molecule has 8 heteroatoms. The molecule has 2 heterocycles. The van der Waals surface area contributed by atoms with Crippen molar-refractivity contribution in [3.05, 3.63) is 22.6 Å². The molecule has 1 amide bonds. The lowest BCUT2D eigenvalue weighted by Crippen LogP contribution is -2.23. The largest absolute Gasteiger partial charge is 0.497 e. The van der Waals surface area contributed by atoms with Gasteiger partial charge in [0.2, 0.25) is 0 Å². The second-order valence-electron chi connectivity index (χ2n) is 7.85. The average molecular weight is 437 g/mol. The van der Waals surface area contributed by atoms with Gasteiger partial charge in [-0.1, -0.05) is 6.42 Å². The number of pyridine rings is 1. The van der Waals surface area contributed by atoms with Gasteiger partial charge in [-0.25, -0.2) is 4.79 Å². The molecule has 0 saturated heterocycles. The van der Waals surface area contributed by atoms with Crippen LogP contribution in [0.5, 0.6) is 5.75 Å². The summed E-state index contributed by atoms with van der Waals surface area (Å²) in [5.74, 6) is 2.14. The predicted molar refractivity (Wildman–Crippen MR) is 107 cm³/mol. The molecule has 2 aromatic rings. The van der Waals surface area contributed by atoms with E-state index in [2.05, 4.69) is 31.1 Å². The van der Waals surface area contributed by atoms with Crippen LogP contribution in [0.25, 0.3) is 5.65 Å². The van der Waals surface area contributed by atoms with Crippen LogP contribution in [0.4, 0.5) is 4.79 Å². The summed E-state index contributed by atoms with van der Waals surface area (Å²) in [6, 6.07) is 3.77. The van der Waals surface area contributed by atoms with Gasteiger partial charge in [-0.15, -0.1) is 10.2 Å². The number of carbonyl (C=O) groups is 1. The highest BCUT2D eigenvalue weighted by Gasteiger charge is 2.27. The number of carbonyl (C=O) groups excluding carboxylic acids is 1. The molecule has 7 nitrogen and oxygen atoms in total. The molecule has 3 rings (SSSR count). The van der Waals surface area contributed by atoms with Gasteiger partial charge in [-0.3, -0.25) is 4.40 Å². The van der Waals surface area contributed by atoms with Crippen LogP contribution >= 0.6 is 15.9 Å². The number of hydrogen-bond donors (Lipinski definition) is 0. The number of halogens is 1. The molecule has 0 N–H and O–H groups in total. The van der Waals surface area contributed by atoms with Crippen LogP contribution in [0.3, 0.4) is 0 Å². The molecule has 0 bridgehead atoms. The number of aromatic nitrogens is 3. The van der Waals surface area contributed by atoms with E-state index in [1.165, 1.54) is 0 Å². The third kappa shape index (κ3) is 4.86. The zero-order chi connectivity index (χ0) is 19.6. The molecule has 1 aliphatic rings. The molecule has 2 atom stereocenters. The van der Waals surface area contributed by atoms with Crippen LogP contribution in [0.2, 0.25) is 0 Å². The lowest BCUT2D eigenvalue weighted by molar-refractivity contribution is 0.0604. The highest BCUT2D eigenvalue weighted by Crippen LogP contribution is 2.36. The van der Waals surface area contributed by atoms with E-state index in [-0.39, 0.29) is 11.8 Å². The smallest absolute Gasteiger partial charge is 0.433 e. The van der Waals surface area contributed by atoms with Crippen molar-refractivity contribution in [3.8, 4) is 5.75 Å². The van der Waals surface area contributed by atoms with E-state index >= 15 is 0 Å². The first-order chi connectivity index (χ1) is 12.8. The van der Waals surface area contributed by atoms with Crippen molar-refractivity contribution >= 4 is 33.9 Å². The summed E-state index contributed by atoms with van der Waals surface area (Å²) < 4.78 is 13.4. The van der Waals surface area contributed by atoms with Crippen molar-refractivity contribution in [1.29, 1.82) is 0 Å². The number of hydrogen-bond acceptors (Lipinski definition) is 5. The minimum atomic E-state index is -0.535. The average Bonchev–Trinajstić information content (AvgIpc) is 3.03. The number of methoxy groups -OCH3 is 1. The summed E-state index contributed by atoms with van der Waals surface area (Å²) in [4.78, 5) is 15.8. The number of ether oxygens (including phenoxy) is 2. The summed E-state index contributed by atoms with van der Waals surface area (Å²) in [6.07, 6.45) is 5.18. The Morgan fingerprint density at radius 2 is 2.11 bits per heavy atom. The van der Waals surface area contributed by atoms with Crippen molar-refractivity contribution in [3.63, 3.8) is 0 Å². The molecule has 2 aromatic heterocycles. The normalized spacial score (nSPS) is 20.9. The summed E-state index contributed by atoms with van der Waals surface area (Å²) in [7, 11) is 1.63. The van der Waals surface area contributed by atoms with Crippen molar-refractivity contribution in [2.45, 2.75) is 58.0 Å². The fraction of sp³-hybridized carbons (Fsp3) is 0.579. The molecule has 1 fully saturated rings. The van der Waals surface area contributed by atoms with Crippen LogP contribution < -0.4 is 4.74 Å². The quantitative estimate of drug-likeness (QED) is 0.510. The van der Waals surface area contributed by atoms with Crippen LogP contribution in [0.15, 0.2) is 21.7 Å². The Morgan fingerprint density at radius 1 is 1.33 bits per heavy atom. The van der Waals surface area contributed by atoms with E-state index in [0.29, 0.717) is 0 Å². The number of aliphatic imine (C=N–C) groups is 1. The summed E-state index contributed by atoms with van der Waals surface area (Å²) in [5, 5.41) is 8.72. The second kappa shape index (κ2) is 7.96. The van der Waals surface area contributed by atoms with Gasteiger partial charge in [0.15, 0.2) is 5.65 Å². The number of amides is 1. The second-order valence-corrected chi connectivity index (χ2v) is 8.66. The molecule has 1 aliphatic carbocycles. The Labute approximate surface area is 167 Å². The van der Waals surface area contributed by atoms with E-state index in [0.717, 1.165) is 47.5 Å². The minimum Gasteiger partial charge on any atom is -0.497 e. The van der Waals surface area contributed by atoms with Gasteiger partial charge in [0, 0.05) is 24.3 Å². The van der Waals surface area contributed by atoms with Crippen molar-refractivity contribution in [2.24, 2.45) is 10.9 Å². The first-order valence-corrected chi connectivity index (χ1v) is 9.92. The summed E-state index contributed by atoms with van der Waals surface area (Å²) in [5.41, 5.74) is 0.220. The maximum absolute atomic E-state index is 11.8. The van der Waals surface area contributed by atoms with E-state index < -0.39 is 11.7 Å². The molecule has 0 aliphatic heterocycles. The first kappa shape index (κ1) is 19.8. The Kier molecular flexibility index (Phi) is 5.83. The standard InChI is InChI=1S/C19H25BrN4O3/c1-19(2,3)27-18(25)21-11-12-6-5-7-13(8-12)17-23-22-16-10-14(26-4)9-15(20)24(16)17/h9-13H,5-8H2,1-4H3/t12?,13-/m0/s1. The van der Waals surface area contributed by atoms with Gasteiger partial charge in [0.05, 0.1) is 11.7 Å². The monoisotopic (exact) mass is 436 g/mol. The van der Waals surface area contributed by atoms with Crippen molar-refractivity contribution in [2.75, 3.05) is 7.11 Å². The number of rotatable bonds is 3. The number of nitrogens with zero attached hydrogens (tertiary/aromatic N) is 4. The van der Waals surface area contributed by atoms with E-state index in [1.807, 2.05) is 37.3 Å². The lowest BCUT2D eigenvalue weighted by atomic mass is 9.81. The molecule has 0 aromatic carbocycles. The third-order valence-electron chi connectivity index (χ3n) is 4.56. The molecule has 27 heavy (non-hydrogen) atoms. The van der Waals surface area contributed by atoms with Gasteiger partial charge in [-0.05, 0) is 61.9 Å². The van der Waals surface area contributed by atoms with Crippen LogP contribution in [0, 0.1) is 5.92 Å². The highest BCUT2D eigenvalue weighted by atomic mass is 79.9. The van der Waals surface area contributed by atoms with Crippen molar-refractivity contribution in [1.82, 2.24) is 14.6 Å². The Hall–Kier alpha value is -1.96. The van der Waals surface area contributed by atoms with E-state index in [4.69, 9.17) is 9.47 Å². The number of fused-ring (bicyclic) bond motifs is 1. The van der Waals surface area contributed by atoms with Gasteiger partial charge >= 0.3 is 6.09 Å². The summed E-state index contributed by atoms with van der Waals surface area (Å²) in [6.45, 7) is 5.50. The fourth-order valence-electron chi connectivity index (χ4n) is 3.41. The zero-order valence-electron chi connectivity index (χ0n) is 16.1. The maximum atomic E-state index is 11.8. The SMILES string of the molecule is COc1cc(Br)n2c([C@H]3CCCC(C=NC(=O)OC(C)(C)C)C3)nnc2c1. The molecule has 1 saturated carbocycles. The summed E-state index contributed by atoms with van der Waals surface area (Å²) >= 11 is 3.59. The molecular weight excluding hydrogens is 412 g/mol. The highest BCUT2D eigenvalue weighted by molar-refractivity contribution is 9.10. The van der Waals surface area contributed by atoms with Gasteiger partial charge < -0.3 is 9.47 Å². The molecule has 0 spiro atoms. The van der Waals surface area contributed by atoms with Crippen LogP contribution in [0.1, 0.15) is 58.2 Å². The molecule has 1 unspecified atom stereocenters. The van der Waals surface area contributed by atoms with Gasteiger partial charge in [-0.2, -0.15) is 4.99 Å². The Balaban J connectivity index is 1.75. The molecule has 146 valence electrons. The fourth-order valence-corrected chi connectivity index (χ4v) is 4.00. The Bertz CT molecular complexity index is 856. The van der Waals surface area contributed by atoms with Gasteiger partial charge in [0.25, 0.3) is 0 Å². The molecular formula is C19H25BrN4O3. The van der Waals surface area contributed by atoms with E-state index in [1.54, 1.807) is 13.3 Å². The maximum Gasteiger partial charge on any atom is 0.433 e. The zero-order valence-corrected chi connectivity index (χ0v) is 17.7. The van der Waals surface area contributed by atoms with E-state index in [9.17, 15) is 4.79 Å². The van der Waals surface area contributed by atoms with Crippen LogP contribution in [-0.2, 0) is 4.74 Å². The third-order valence-corrected chi connectivity index (χ3v) is 5.14. The van der Waals surface area contributed by atoms with Crippen molar-refractivity contribution < 1.29 is 14.3 Å². The predicted octanol–water partition coefficient (Wildman–Crippen LogP) is 4.78. The molecule has 0 radical (unpaired) electrons.